The highest BCUT2D eigenvalue weighted by molar-refractivity contribution is 5.75. The smallest absolute Gasteiger partial charge is 0.313 e. The van der Waals surface area contributed by atoms with Gasteiger partial charge < -0.3 is 14.6 Å². The summed E-state index contributed by atoms with van der Waals surface area (Å²) in [5.41, 5.74) is 0.828. The van der Waals surface area contributed by atoms with Crippen molar-refractivity contribution in [3.63, 3.8) is 0 Å². The van der Waals surface area contributed by atoms with Crippen molar-refractivity contribution >= 4 is 5.97 Å². The molecule has 3 atom stereocenters. The number of aliphatic hydroxyl groups excluding tert-OH is 1. The van der Waals surface area contributed by atoms with Gasteiger partial charge in [0.05, 0.1) is 14.2 Å². The number of carbonyl (C=O) groups is 1. The molecule has 1 spiro atoms. The lowest BCUT2D eigenvalue weighted by atomic mass is 9.74. The quantitative estimate of drug-likeness (QED) is 0.834. The van der Waals surface area contributed by atoms with Gasteiger partial charge >= 0.3 is 5.97 Å². The highest BCUT2D eigenvalue weighted by Gasteiger charge is 2.57. The molecule has 0 aromatic heterocycles. The molecule has 2 aliphatic rings. The van der Waals surface area contributed by atoms with E-state index >= 15 is 0 Å². The van der Waals surface area contributed by atoms with Crippen LogP contribution in [0.1, 0.15) is 37.2 Å². The van der Waals surface area contributed by atoms with Gasteiger partial charge in [0.1, 0.15) is 17.9 Å². The summed E-state index contributed by atoms with van der Waals surface area (Å²) < 4.78 is 10.1. The summed E-state index contributed by atoms with van der Waals surface area (Å²) in [5, 5.41) is 13.7. The zero-order chi connectivity index (χ0) is 15.7. The maximum absolute atomic E-state index is 12.2. The summed E-state index contributed by atoms with van der Waals surface area (Å²) in [5.74, 6) is -0.227. The lowest BCUT2D eigenvalue weighted by Crippen LogP contribution is -2.43. The summed E-state index contributed by atoms with van der Waals surface area (Å²) in [4.78, 5) is 12.2. The van der Waals surface area contributed by atoms with Gasteiger partial charge in [0.2, 0.25) is 0 Å². The Labute approximate surface area is 130 Å². The lowest BCUT2D eigenvalue weighted by molar-refractivity contribution is -0.149. The standard InChI is InChI=1S/C17H23NO4/c1-21-12-7-5-11(6-8-12)14-13(16(20)22-2)15(19)18-17(14)9-3-4-10-17/h5-8,13-15,18-19H,3-4,9-10H2,1-2H3/t13-,14-,15?/m0/s1. The van der Waals surface area contributed by atoms with E-state index in [1.54, 1.807) is 7.11 Å². The van der Waals surface area contributed by atoms with E-state index in [1.165, 1.54) is 7.11 Å². The maximum Gasteiger partial charge on any atom is 0.313 e. The first-order valence-electron chi connectivity index (χ1n) is 7.79. The molecule has 1 saturated carbocycles. The van der Waals surface area contributed by atoms with Crippen molar-refractivity contribution in [1.29, 1.82) is 0 Å². The van der Waals surface area contributed by atoms with Crippen LogP contribution in [-0.2, 0) is 9.53 Å². The van der Waals surface area contributed by atoms with Crippen LogP contribution in [0.5, 0.6) is 5.75 Å². The SMILES string of the molecule is COC(=O)[C@@H]1C(O)NC2(CCCC2)[C@H]1c1ccc(OC)cc1. The second-order valence-electron chi connectivity index (χ2n) is 6.25. The van der Waals surface area contributed by atoms with Gasteiger partial charge in [-0.1, -0.05) is 25.0 Å². The van der Waals surface area contributed by atoms with Gasteiger partial charge in [-0.3, -0.25) is 10.1 Å². The van der Waals surface area contributed by atoms with E-state index in [1.807, 2.05) is 24.3 Å². The van der Waals surface area contributed by atoms with E-state index in [-0.39, 0.29) is 17.4 Å². The van der Waals surface area contributed by atoms with Gasteiger partial charge in [-0.2, -0.15) is 0 Å². The molecular formula is C17H23NO4. The fraction of sp³-hybridized carbons (Fsp3) is 0.588. The normalized spacial score (nSPS) is 29.7. The Morgan fingerprint density at radius 1 is 1.23 bits per heavy atom. The van der Waals surface area contributed by atoms with Crippen LogP contribution in [0.2, 0.25) is 0 Å². The average Bonchev–Trinajstić information content (AvgIpc) is 3.11. The molecule has 120 valence electrons. The lowest BCUT2D eigenvalue weighted by Gasteiger charge is -2.33. The largest absolute Gasteiger partial charge is 0.497 e. The number of methoxy groups -OCH3 is 2. The maximum atomic E-state index is 12.2. The number of benzene rings is 1. The van der Waals surface area contributed by atoms with Crippen molar-refractivity contribution < 1.29 is 19.4 Å². The third-order valence-electron chi connectivity index (χ3n) is 5.17. The molecule has 5 heteroatoms. The van der Waals surface area contributed by atoms with Crippen LogP contribution in [0, 0.1) is 5.92 Å². The Bertz CT molecular complexity index is 536. The molecular weight excluding hydrogens is 282 g/mol. The van der Waals surface area contributed by atoms with Crippen LogP contribution in [0.3, 0.4) is 0 Å². The summed E-state index contributed by atoms with van der Waals surface area (Å²) in [6.07, 6.45) is 3.29. The van der Waals surface area contributed by atoms with E-state index in [0.717, 1.165) is 37.0 Å². The first kappa shape index (κ1) is 15.3. The van der Waals surface area contributed by atoms with E-state index in [0.29, 0.717) is 0 Å². The molecule has 5 nitrogen and oxygen atoms in total. The fourth-order valence-corrected chi connectivity index (χ4v) is 4.20. The summed E-state index contributed by atoms with van der Waals surface area (Å²) in [7, 11) is 3.01. The minimum Gasteiger partial charge on any atom is -0.497 e. The molecule has 22 heavy (non-hydrogen) atoms. The predicted molar refractivity (Wildman–Crippen MR) is 81.6 cm³/mol. The van der Waals surface area contributed by atoms with Gasteiger partial charge in [0.25, 0.3) is 0 Å². The van der Waals surface area contributed by atoms with Crippen molar-refractivity contribution in [3.05, 3.63) is 29.8 Å². The van der Waals surface area contributed by atoms with Crippen molar-refractivity contribution in [2.24, 2.45) is 5.92 Å². The Hall–Kier alpha value is -1.59. The molecule has 1 aromatic rings. The van der Waals surface area contributed by atoms with E-state index in [4.69, 9.17) is 9.47 Å². The average molecular weight is 305 g/mol. The molecule has 3 rings (SSSR count). The van der Waals surface area contributed by atoms with Crippen LogP contribution < -0.4 is 10.1 Å². The third kappa shape index (κ3) is 2.38. The van der Waals surface area contributed by atoms with E-state index in [2.05, 4.69) is 5.32 Å². The summed E-state index contributed by atoms with van der Waals surface area (Å²) in [6.45, 7) is 0. The summed E-state index contributed by atoms with van der Waals surface area (Å²) >= 11 is 0. The second kappa shape index (κ2) is 5.89. The highest BCUT2D eigenvalue weighted by Crippen LogP contribution is 2.51. The van der Waals surface area contributed by atoms with Crippen LogP contribution in [0.25, 0.3) is 0 Å². The number of nitrogens with one attached hydrogen (secondary N) is 1. The molecule has 1 aliphatic heterocycles. The Morgan fingerprint density at radius 2 is 1.86 bits per heavy atom. The second-order valence-corrected chi connectivity index (χ2v) is 6.25. The molecule has 0 amide bonds. The number of rotatable bonds is 3. The molecule has 2 N–H and O–H groups in total. The summed E-state index contributed by atoms with van der Waals surface area (Å²) in [6, 6.07) is 7.77. The Balaban J connectivity index is 2.01. The molecule has 0 radical (unpaired) electrons. The molecule has 2 fully saturated rings. The molecule has 1 unspecified atom stereocenters. The number of hydrogen-bond donors (Lipinski definition) is 2. The molecule has 1 heterocycles. The molecule has 1 saturated heterocycles. The first-order chi connectivity index (χ1) is 10.6. The van der Waals surface area contributed by atoms with Crippen molar-refractivity contribution in [2.45, 2.75) is 43.4 Å². The first-order valence-corrected chi connectivity index (χ1v) is 7.79. The van der Waals surface area contributed by atoms with Crippen LogP contribution >= 0.6 is 0 Å². The number of hydrogen-bond acceptors (Lipinski definition) is 5. The van der Waals surface area contributed by atoms with Gasteiger partial charge in [-0.05, 0) is 30.5 Å². The number of aliphatic hydroxyl groups is 1. The monoisotopic (exact) mass is 305 g/mol. The van der Waals surface area contributed by atoms with Crippen molar-refractivity contribution in [1.82, 2.24) is 5.32 Å². The van der Waals surface area contributed by atoms with Gasteiger partial charge in [-0.15, -0.1) is 0 Å². The Kier molecular flexibility index (Phi) is 4.10. The van der Waals surface area contributed by atoms with Gasteiger partial charge in [-0.25, -0.2) is 0 Å². The topological polar surface area (TPSA) is 67.8 Å². The van der Waals surface area contributed by atoms with Gasteiger partial charge in [0.15, 0.2) is 0 Å². The fourth-order valence-electron chi connectivity index (χ4n) is 4.20. The van der Waals surface area contributed by atoms with Crippen LogP contribution in [-0.4, -0.2) is 37.1 Å². The van der Waals surface area contributed by atoms with Crippen molar-refractivity contribution in [2.75, 3.05) is 14.2 Å². The molecule has 1 aromatic carbocycles. The number of carbonyl (C=O) groups excluding carboxylic acids is 1. The van der Waals surface area contributed by atoms with Crippen LogP contribution in [0.4, 0.5) is 0 Å². The van der Waals surface area contributed by atoms with E-state index in [9.17, 15) is 9.90 Å². The molecule has 1 aliphatic carbocycles. The number of ether oxygens (including phenoxy) is 2. The zero-order valence-corrected chi connectivity index (χ0v) is 13.0. The van der Waals surface area contributed by atoms with Gasteiger partial charge in [0, 0.05) is 11.5 Å². The third-order valence-corrected chi connectivity index (χ3v) is 5.17. The highest BCUT2D eigenvalue weighted by atomic mass is 16.5. The predicted octanol–water partition coefficient (Wildman–Crippen LogP) is 1.80. The number of esters is 1. The molecule has 0 bridgehead atoms. The van der Waals surface area contributed by atoms with E-state index < -0.39 is 12.1 Å². The minimum absolute atomic E-state index is 0.0802. The minimum atomic E-state index is -0.863. The Morgan fingerprint density at radius 3 is 2.41 bits per heavy atom. The zero-order valence-electron chi connectivity index (χ0n) is 13.0. The van der Waals surface area contributed by atoms with Crippen LogP contribution in [0.15, 0.2) is 24.3 Å². The van der Waals surface area contributed by atoms with Crippen molar-refractivity contribution in [3.8, 4) is 5.75 Å².